The number of amidine groups is 1. The summed E-state index contributed by atoms with van der Waals surface area (Å²) in [6.45, 7) is 1.26. The van der Waals surface area contributed by atoms with Crippen molar-refractivity contribution in [1.29, 1.82) is 10.8 Å². The van der Waals surface area contributed by atoms with E-state index in [0.717, 1.165) is 17.1 Å². The number of nitrogens with zero attached hydrogens (tertiary/aromatic N) is 2. The molecule has 5 N–H and O–H groups in total. The summed E-state index contributed by atoms with van der Waals surface area (Å²) in [5, 5.41) is 24.1. The van der Waals surface area contributed by atoms with E-state index in [2.05, 4.69) is 0 Å². The van der Waals surface area contributed by atoms with E-state index in [4.69, 9.17) is 38.0 Å². The maximum atomic E-state index is 12.9. The zero-order chi connectivity index (χ0) is 26.3. The van der Waals surface area contributed by atoms with Crippen molar-refractivity contribution in [3.05, 3.63) is 64.7 Å². The first-order valence-electron chi connectivity index (χ1n) is 11.1. The minimum atomic E-state index is -4.25. The van der Waals surface area contributed by atoms with E-state index in [9.17, 15) is 13.2 Å². The molecule has 2 aromatic carbocycles. The number of hydrogen-bond acceptors (Lipinski definition) is 6. The summed E-state index contributed by atoms with van der Waals surface area (Å²) >= 11 is 6.45. The standard InChI is InChI=1S/C24H28ClN5O5S/c25-21-14-20(35-19-8-11-29(16-26)12-9-19)6-7-22(21)30(36(33,34)15-23(31)32)10-2-4-17-3-1-5-18(13-17)24(27)28/h1-7,13-14,16,19,26H,8-12,15H2,(H3,27,28)(H,31,32)/b4-2+,26-16?. The van der Waals surface area contributed by atoms with Gasteiger partial charge in [0.05, 0.1) is 23.6 Å². The Kier molecular flexibility index (Phi) is 8.94. The van der Waals surface area contributed by atoms with Crippen LogP contribution in [0.4, 0.5) is 5.69 Å². The highest BCUT2D eigenvalue weighted by Gasteiger charge is 2.27. The molecule has 12 heteroatoms. The van der Waals surface area contributed by atoms with Crippen LogP contribution in [0.25, 0.3) is 6.08 Å². The Morgan fingerprint density at radius 2 is 1.97 bits per heavy atom. The number of halogens is 1. The summed E-state index contributed by atoms with van der Waals surface area (Å²) in [5.74, 6) is -2.19. The van der Waals surface area contributed by atoms with Crippen molar-refractivity contribution < 1.29 is 23.1 Å². The van der Waals surface area contributed by atoms with E-state index in [-0.39, 0.29) is 29.2 Å². The molecule has 192 valence electrons. The molecule has 0 bridgehead atoms. The van der Waals surface area contributed by atoms with Gasteiger partial charge >= 0.3 is 5.97 Å². The molecule has 0 atom stereocenters. The maximum Gasteiger partial charge on any atom is 0.320 e. The van der Waals surface area contributed by atoms with Crippen LogP contribution in [0, 0.1) is 10.8 Å². The summed E-state index contributed by atoms with van der Waals surface area (Å²) in [6.07, 6.45) is 5.96. The molecule has 2 aromatic rings. The third-order valence-electron chi connectivity index (χ3n) is 5.57. The number of hydrogen-bond donors (Lipinski definition) is 4. The Morgan fingerprint density at radius 1 is 1.25 bits per heavy atom. The fraction of sp³-hybridized carbons (Fsp3) is 0.292. The number of sulfonamides is 1. The molecule has 0 aromatic heterocycles. The van der Waals surface area contributed by atoms with E-state index >= 15 is 0 Å². The normalized spacial score (nSPS) is 14.5. The lowest BCUT2D eigenvalue weighted by atomic mass is 10.1. The zero-order valence-corrected chi connectivity index (χ0v) is 21.0. The summed E-state index contributed by atoms with van der Waals surface area (Å²) in [4.78, 5) is 13.1. The molecule has 1 aliphatic rings. The fourth-order valence-electron chi connectivity index (χ4n) is 3.77. The average Bonchev–Trinajstić information content (AvgIpc) is 2.82. The van der Waals surface area contributed by atoms with Crippen molar-refractivity contribution in [1.82, 2.24) is 4.90 Å². The Morgan fingerprint density at radius 3 is 2.58 bits per heavy atom. The smallest absolute Gasteiger partial charge is 0.320 e. The Labute approximate surface area is 215 Å². The molecule has 0 amide bonds. The van der Waals surface area contributed by atoms with E-state index in [1.165, 1.54) is 18.5 Å². The maximum absolute atomic E-state index is 12.9. The first-order valence-corrected chi connectivity index (χ1v) is 13.1. The number of carboxylic acids is 1. The second-order valence-electron chi connectivity index (χ2n) is 8.22. The molecule has 0 spiro atoms. The van der Waals surface area contributed by atoms with Crippen LogP contribution >= 0.6 is 11.6 Å². The number of nitrogens with one attached hydrogen (secondary N) is 2. The highest BCUT2D eigenvalue weighted by Crippen LogP contribution is 2.33. The van der Waals surface area contributed by atoms with Gasteiger partial charge in [-0.2, -0.15) is 0 Å². The molecule has 1 heterocycles. The van der Waals surface area contributed by atoms with Gasteiger partial charge in [-0.15, -0.1) is 0 Å². The summed E-state index contributed by atoms with van der Waals surface area (Å²) < 4.78 is 32.7. The van der Waals surface area contributed by atoms with Gasteiger partial charge in [-0.05, 0) is 23.8 Å². The van der Waals surface area contributed by atoms with Gasteiger partial charge in [0, 0.05) is 37.6 Å². The first-order chi connectivity index (χ1) is 17.1. The Balaban J connectivity index is 1.81. The largest absolute Gasteiger partial charge is 0.490 e. The summed E-state index contributed by atoms with van der Waals surface area (Å²) in [7, 11) is -4.25. The van der Waals surface area contributed by atoms with Crippen molar-refractivity contribution in [2.45, 2.75) is 18.9 Å². The Bertz CT molecular complexity index is 1260. The zero-order valence-electron chi connectivity index (χ0n) is 19.4. The van der Waals surface area contributed by atoms with Gasteiger partial charge in [-0.3, -0.25) is 19.9 Å². The highest BCUT2D eigenvalue weighted by molar-refractivity contribution is 7.93. The molecule has 10 nitrogen and oxygen atoms in total. The molecule has 0 unspecified atom stereocenters. The number of carboxylic acid groups (broad SMARTS) is 1. The van der Waals surface area contributed by atoms with Crippen molar-refractivity contribution in [2.75, 3.05) is 29.7 Å². The third-order valence-corrected chi connectivity index (χ3v) is 7.50. The molecular formula is C24H28ClN5O5S. The number of aliphatic carboxylic acids is 1. The number of likely N-dealkylation sites (tertiary alicyclic amines) is 1. The van der Waals surface area contributed by atoms with Crippen LogP contribution in [0.15, 0.2) is 48.5 Å². The van der Waals surface area contributed by atoms with Crippen molar-refractivity contribution in [3.8, 4) is 5.75 Å². The monoisotopic (exact) mass is 533 g/mol. The number of rotatable bonds is 11. The quantitative estimate of drug-likeness (QED) is 0.255. The fourth-order valence-corrected chi connectivity index (χ4v) is 5.33. The number of anilines is 1. The van der Waals surface area contributed by atoms with Crippen LogP contribution < -0.4 is 14.8 Å². The molecule has 1 saturated heterocycles. The molecular weight excluding hydrogens is 506 g/mol. The van der Waals surface area contributed by atoms with Gasteiger partial charge in [-0.1, -0.05) is 42.0 Å². The number of nitrogens with two attached hydrogens (primary N) is 1. The van der Waals surface area contributed by atoms with Crippen molar-refractivity contribution in [2.24, 2.45) is 5.73 Å². The lowest BCUT2D eigenvalue weighted by molar-refractivity contribution is -0.134. The van der Waals surface area contributed by atoms with Gasteiger partial charge in [-0.25, -0.2) is 8.42 Å². The predicted molar refractivity (Wildman–Crippen MR) is 141 cm³/mol. The van der Waals surface area contributed by atoms with Gasteiger partial charge in [0.15, 0.2) is 5.75 Å². The number of ether oxygens (including phenoxy) is 1. The van der Waals surface area contributed by atoms with Gasteiger partial charge < -0.3 is 20.5 Å². The minimum absolute atomic E-state index is 0.0522. The van der Waals surface area contributed by atoms with Crippen molar-refractivity contribution in [3.63, 3.8) is 0 Å². The van der Waals surface area contributed by atoms with Crippen LogP contribution in [0.1, 0.15) is 24.0 Å². The lowest BCUT2D eigenvalue weighted by Crippen LogP contribution is -2.37. The molecule has 36 heavy (non-hydrogen) atoms. The van der Waals surface area contributed by atoms with Crippen LogP contribution in [0.3, 0.4) is 0 Å². The first kappa shape index (κ1) is 27.0. The van der Waals surface area contributed by atoms with E-state index < -0.39 is 21.7 Å². The molecule has 1 aliphatic heterocycles. The predicted octanol–water partition coefficient (Wildman–Crippen LogP) is 3.01. The van der Waals surface area contributed by atoms with Crippen LogP contribution in [-0.2, 0) is 14.8 Å². The summed E-state index contributed by atoms with van der Waals surface area (Å²) in [5.41, 5.74) is 6.87. The van der Waals surface area contributed by atoms with Crippen molar-refractivity contribution >= 4 is 51.5 Å². The topological polar surface area (TPSA) is 161 Å². The minimum Gasteiger partial charge on any atom is -0.490 e. The molecule has 0 radical (unpaired) electrons. The second kappa shape index (κ2) is 11.9. The highest BCUT2D eigenvalue weighted by atomic mass is 35.5. The van der Waals surface area contributed by atoms with Gasteiger partial charge in [0.1, 0.15) is 17.7 Å². The van der Waals surface area contributed by atoms with Gasteiger partial charge in [0.25, 0.3) is 0 Å². The summed E-state index contributed by atoms with van der Waals surface area (Å²) in [6, 6.07) is 11.5. The van der Waals surface area contributed by atoms with Crippen LogP contribution in [0.2, 0.25) is 5.02 Å². The van der Waals surface area contributed by atoms with Crippen LogP contribution in [0.5, 0.6) is 5.75 Å². The van der Waals surface area contributed by atoms with E-state index in [1.807, 2.05) is 4.90 Å². The number of carbonyl (C=O) groups is 1. The number of nitrogen functional groups attached to an aromatic ring is 1. The van der Waals surface area contributed by atoms with E-state index in [0.29, 0.717) is 30.0 Å². The van der Waals surface area contributed by atoms with Crippen LogP contribution in [-0.4, -0.2) is 68.1 Å². The lowest BCUT2D eigenvalue weighted by Gasteiger charge is -2.30. The second-order valence-corrected chi connectivity index (χ2v) is 10.5. The van der Waals surface area contributed by atoms with E-state index in [1.54, 1.807) is 42.5 Å². The molecule has 0 saturated carbocycles. The molecule has 1 fully saturated rings. The number of benzene rings is 2. The molecule has 0 aliphatic carbocycles. The van der Waals surface area contributed by atoms with Gasteiger partial charge in [0.2, 0.25) is 10.0 Å². The Hall–Kier alpha value is -3.57. The number of piperidine rings is 1. The average molecular weight is 534 g/mol. The molecule has 3 rings (SSSR count). The SMILES string of the molecule is N=CN1CCC(Oc2ccc(N(C/C=C/c3cccc(C(=N)N)c3)S(=O)(=O)CC(=O)O)c(Cl)c2)CC1. The third kappa shape index (κ3) is 7.22.